The molecule has 1 aromatic rings. The highest BCUT2D eigenvalue weighted by atomic mass is 16.6. The monoisotopic (exact) mass is 403 g/mol. The summed E-state index contributed by atoms with van der Waals surface area (Å²) < 4.78 is 10.6. The fourth-order valence-electron chi connectivity index (χ4n) is 3.88. The van der Waals surface area contributed by atoms with Crippen molar-refractivity contribution in [3.05, 3.63) is 48.0 Å². The predicted octanol–water partition coefficient (Wildman–Crippen LogP) is 5.45. The number of ether oxygens (including phenoxy) is 2. The first kappa shape index (κ1) is 24.7. The van der Waals surface area contributed by atoms with Crippen LogP contribution in [0.5, 0.6) is 0 Å². The van der Waals surface area contributed by atoms with Crippen molar-refractivity contribution in [3.63, 3.8) is 0 Å². The molecule has 0 N–H and O–H groups in total. The molecule has 1 aliphatic heterocycles. The highest BCUT2D eigenvalue weighted by Gasteiger charge is 2.48. The van der Waals surface area contributed by atoms with Crippen LogP contribution in [0.3, 0.4) is 0 Å². The number of likely N-dealkylation sites (tertiary alicyclic amines) is 1. The Morgan fingerprint density at radius 3 is 2.38 bits per heavy atom. The van der Waals surface area contributed by atoms with Crippen LogP contribution in [0, 0.1) is 17.3 Å². The van der Waals surface area contributed by atoms with Gasteiger partial charge in [-0.3, -0.25) is 4.79 Å². The van der Waals surface area contributed by atoms with Crippen LogP contribution in [0.15, 0.2) is 42.5 Å². The highest BCUT2D eigenvalue weighted by Crippen LogP contribution is 2.42. The molecule has 0 aromatic heterocycles. The quantitative estimate of drug-likeness (QED) is 0.468. The predicted molar refractivity (Wildman–Crippen MR) is 116 cm³/mol. The van der Waals surface area contributed by atoms with Gasteiger partial charge in [-0.15, -0.1) is 6.58 Å². The Kier molecular flexibility index (Phi) is 9.93. The number of carbonyl (C=O) groups is 2. The molecule has 1 saturated heterocycles. The number of nitrogens with zero attached hydrogens (tertiary/aromatic N) is 1. The van der Waals surface area contributed by atoms with Gasteiger partial charge >= 0.3 is 12.1 Å². The first-order valence-electron chi connectivity index (χ1n) is 10.5. The first-order valence-corrected chi connectivity index (χ1v) is 10.5. The van der Waals surface area contributed by atoms with E-state index in [1.807, 2.05) is 51.1 Å². The summed E-state index contributed by atoms with van der Waals surface area (Å²) in [7, 11) is 1.40. The van der Waals surface area contributed by atoms with E-state index >= 15 is 0 Å². The van der Waals surface area contributed by atoms with Crippen LogP contribution in [-0.4, -0.2) is 37.2 Å². The van der Waals surface area contributed by atoms with E-state index in [9.17, 15) is 9.59 Å². The minimum absolute atomic E-state index is 0.196. The lowest BCUT2D eigenvalue weighted by atomic mass is 9.69. The van der Waals surface area contributed by atoms with Gasteiger partial charge in [0.25, 0.3) is 0 Å². The van der Waals surface area contributed by atoms with Gasteiger partial charge in [0.1, 0.15) is 6.61 Å². The van der Waals surface area contributed by atoms with Gasteiger partial charge in [-0.05, 0) is 37.2 Å². The molecule has 2 unspecified atom stereocenters. The van der Waals surface area contributed by atoms with Crippen LogP contribution in [0.25, 0.3) is 0 Å². The Balaban J connectivity index is 0.00000204. The molecule has 162 valence electrons. The Bertz CT molecular complexity index is 671. The van der Waals surface area contributed by atoms with Crippen molar-refractivity contribution in [2.75, 3.05) is 20.2 Å². The number of hydrogen-bond acceptors (Lipinski definition) is 4. The van der Waals surface area contributed by atoms with Crippen LogP contribution in [0.2, 0.25) is 0 Å². The molecule has 5 nitrogen and oxygen atoms in total. The zero-order valence-corrected chi connectivity index (χ0v) is 18.9. The zero-order chi connectivity index (χ0) is 22.0. The van der Waals surface area contributed by atoms with Gasteiger partial charge in [-0.1, -0.05) is 63.6 Å². The summed E-state index contributed by atoms with van der Waals surface area (Å²) in [5, 5.41) is 0. The summed E-state index contributed by atoms with van der Waals surface area (Å²) in [4.78, 5) is 27.1. The maximum atomic E-state index is 12.8. The minimum atomic E-state index is -0.764. The third kappa shape index (κ3) is 6.91. The van der Waals surface area contributed by atoms with Crippen molar-refractivity contribution in [2.24, 2.45) is 17.3 Å². The molecule has 1 aromatic carbocycles. The summed E-state index contributed by atoms with van der Waals surface area (Å²) in [5.74, 6) is 0.252. The topological polar surface area (TPSA) is 55.8 Å². The third-order valence-electron chi connectivity index (χ3n) is 5.27. The van der Waals surface area contributed by atoms with E-state index < -0.39 is 5.41 Å². The average Bonchev–Trinajstić information content (AvgIpc) is 2.72. The number of rotatable bonds is 6. The van der Waals surface area contributed by atoms with Crippen molar-refractivity contribution in [3.8, 4) is 0 Å². The molecule has 1 fully saturated rings. The van der Waals surface area contributed by atoms with Crippen LogP contribution in [0.4, 0.5) is 4.79 Å². The van der Waals surface area contributed by atoms with Crippen molar-refractivity contribution >= 4 is 12.1 Å². The van der Waals surface area contributed by atoms with Crippen molar-refractivity contribution < 1.29 is 19.1 Å². The summed E-state index contributed by atoms with van der Waals surface area (Å²) in [6.07, 6.45) is 0.803. The van der Waals surface area contributed by atoms with E-state index in [-0.39, 0.29) is 24.6 Å². The Morgan fingerprint density at radius 2 is 1.86 bits per heavy atom. The fourth-order valence-corrected chi connectivity index (χ4v) is 3.88. The molecule has 0 spiro atoms. The molecule has 29 heavy (non-hydrogen) atoms. The van der Waals surface area contributed by atoms with Crippen LogP contribution in [0.1, 0.15) is 53.0 Å². The number of amides is 1. The van der Waals surface area contributed by atoms with Crippen LogP contribution in [-0.2, 0) is 20.9 Å². The summed E-state index contributed by atoms with van der Waals surface area (Å²) >= 11 is 0. The Morgan fingerprint density at radius 1 is 1.24 bits per heavy atom. The molecule has 5 heteroatoms. The van der Waals surface area contributed by atoms with Gasteiger partial charge in [-0.2, -0.15) is 0 Å². The number of carbonyl (C=O) groups excluding carboxylic acids is 2. The molecule has 1 aliphatic rings. The van der Waals surface area contributed by atoms with E-state index in [0.29, 0.717) is 31.8 Å². The lowest BCUT2D eigenvalue weighted by molar-refractivity contribution is -0.158. The number of hydrogen-bond donors (Lipinski definition) is 0. The molecule has 0 bridgehead atoms. The lowest BCUT2D eigenvalue weighted by Crippen LogP contribution is -2.54. The number of piperidine rings is 1. The molecule has 1 heterocycles. The van der Waals surface area contributed by atoms with Crippen LogP contribution < -0.4 is 0 Å². The lowest BCUT2D eigenvalue weighted by Gasteiger charge is -2.45. The van der Waals surface area contributed by atoms with E-state index in [1.165, 1.54) is 7.11 Å². The van der Waals surface area contributed by atoms with Crippen molar-refractivity contribution in [1.29, 1.82) is 0 Å². The Hall–Kier alpha value is -2.30. The molecule has 0 aliphatic carbocycles. The van der Waals surface area contributed by atoms with Crippen LogP contribution >= 0.6 is 0 Å². The second kappa shape index (κ2) is 11.6. The SMILES string of the molecule is C=C(C)CC1(C(=O)OC)CC(C(C)C)CN(C(=O)OCc2ccccc2)C1.CC. The van der Waals surface area contributed by atoms with Gasteiger partial charge in [0, 0.05) is 13.1 Å². The maximum absolute atomic E-state index is 12.8. The number of esters is 1. The molecule has 1 amide bonds. The second-order valence-corrected chi connectivity index (χ2v) is 8.03. The van der Waals surface area contributed by atoms with Gasteiger partial charge in [0.15, 0.2) is 0 Å². The van der Waals surface area contributed by atoms with Crippen molar-refractivity contribution in [1.82, 2.24) is 4.90 Å². The van der Waals surface area contributed by atoms with Gasteiger partial charge in [0.05, 0.1) is 12.5 Å². The number of allylic oxidation sites excluding steroid dienone is 1. The minimum Gasteiger partial charge on any atom is -0.469 e. The smallest absolute Gasteiger partial charge is 0.410 e. The summed E-state index contributed by atoms with van der Waals surface area (Å²) in [5.41, 5.74) is 1.08. The molecule has 0 radical (unpaired) electrons. The molecule has 2 atom stereocenters. The second-order valence-electron chi connectivity index (χ2n) is 8.03. The largest absolute Gasteiger partial charge is 0.469 e. The molecular formula is C24H37NO4. The first-order chi connectivity index (χ1) is 13.8. The fraction of sp³-hybridized carbons (Fsp3) is 0.583. The standard InChI is InChI=1S/C22H31NO4.C2H6/c1-16(2)11-22(20(24)26-5)12-19(17(3)4)13-23(15-22)21(25)27-14-18-9-7-6-8-10-18;1-2/h6-10,17,19H,1,11-15H2,2-5H3;1-2H3. The Labute approximate surface area is 176 Å². The number of methoxy groups -OCH3 is 1. The normalized spacial score (nSPS) is 21.1. The van der Waals surface area contributed by atoms with E-state index in [2.05, 4.69) is 20.4 Å². The number of benzene rings is 1. The van der Waals surface area contributed by atoms with Crippen molar-refractivity contribution in [2.45, 2.75) is 54.1 Å². The van der Waals surface area contributed by atoms with E-state index in [0.717, 1.165) is 11.1 Å². The molecular weight excluding hydrogens is 366 g/mol. The maximum Gasteiger partial charge on any atom is 0.410 e. The van der Waals surface area contributed by atoms with E-state index in [1.54, 1.807) is 4.90 Å². The molecule has 2 rings (SSSR count). The van der Waals surface area contributed by atoms with Gasteiger partial charge < -0.3 is 14.4 Å². The van der Waals surface area contributed by atoms with E-state index in [4.69, 9.17) is 9.47 Å². The average molecular weight is 404 g/mol. The molecule has 0 saturated carbocycles. The third-order valence-corrected chi connectivity index (χ3v) is 5.27. The van der Waals surface area contributed by atoms with Gasteiger partial charge in [0.2, 0.25) is 0 Å². The summed E-state index contributed by atoms with van der Waals surface area (Å²) in [6.45, 7) is 15.2. The summed E-state index contributed by atoms with van der Waals surface area (Å²) in [6, 6.07) is 9.58. The van der Waals surface area contributed by atoms with Gasteiger partial charge in [-0.25, -0.2) is 4.79 Å². The highest BCUT2D eigenvalue weighted by molar-refractivity contribution is 5.79. The zero-order valence-electron chi connectivity index (χ0n) is 18.9.